The highest BCUT2D eigenvalue weighted by Gasteiger charge is 2.51. The smallest absolute Gasteiger partial charge is 0.0726 e. The summed E-state index contributed by atoms with van der Waals surface area (Å²) in [6.45, 7) is 0. The molecule has 0 saturated heterocycles. The van der Waals surface area contributed by atoms with Crippen molar-refractivity contribution in [3.05, 3.63) is 229 Å². The minimum absolute atomic E-state index is 0.342. The van der Waals surface area contributed by atoms with E-state index in [1.54, 1.807) is 0 Å². The molecule has 252 valence electrons. The van der Waals surface area contributed by atoms with Crippen LogP contribution in [-0.2, 0) is 5.41 Å². The first-order valence-corrected chi connectivity index (χ1v) is 18.8. The van der Waals surface area contributed by atoms with Gasteiger partial charge in [0.05, 0.1) is 5.41 Å². The largest absolute Gasteiger partial charge is 0.355 e. The van der Waals surface area contributed by atoms with Crippen LogP contribution in [-0.4, -0.2) is 0 Å². The van der Waals surface area contributed by atoms with Crippen molar-refractivity contribution in [1.29, 1.82) is 0 Å². The summed E-state index contributed by atoms with van der Waals surface area (Å²) in [6.07, 6.45) is 0. The molecule has 0 unspecified atom stereocenters. The van der Waals surface area contributed by atoms with Crippen molar-refractivity contribution in [2.24, 2.45) is 0 Å². The SMILES string of the molecule is c1ccc2c(c1)-c1ccccc1C21c2ccccc2-c2c(Nc3ccc(-c4ccc(-c5ccc(-c6cccc7ccccc67)cc5)cc4)cc3)cccc21. The van der Waals surface area contributed by atoms with Crippen LogP contribution < -0.4 is 5.32 Å². The summed E-state index contributed by atoms with van der Waals surface area (Å²) in [7, 11) is 0. The van der Waals surface area contributed by atoms with E-state index in [-0.39, 0.29) is 5.41 Å². The molecule has 0 aromatic heterocycles. The van der Waals surface area contributed by atoms with Gasteiger partial charge in [0.1, 0.15) is 0 Å². The molecule has 0 aliphatic heterocycles. The third-order valence-corrected chi connectivity index (χ3v) is 11.7. The molecule has 0 heterocycles. The zero-order chi connectivity index (χ0) is 35.6. The van der Waals surface area contributed by atoms with E-state index in [4.69, 9.17) is 0 Å². The van der Waals surface area contributed by atoms with E-state index in [1.165, 1.54) is 88.7 Å². The van der Waals surface area contributed by atoms with Gasteiger partial charge in [-0.25, -0.2) is 0 Å². The van der Waals surface area contributed by atoms with Crippen molar-refractivity contribution in [1.82, 2.24) is 0 Å². The monoisotopic (exact) mass is 685 g/mol. The van der Waals surface area contributed by atoms with Crippen molar-refractivity contribution in [2.75, 3.05) is 5.32 Å². The summed E-state index contributed by atoms with van der Waals surface area (Å²) in [5, 5.41) is 6.38. The quantitative estimate of drug-likeness (QED) is 0.190. The van der Waals surface area contributed by atoms with E-state index in [0.29, 0.717) is 0 Å². The van der Waals surface area contributed by atoms with Gasteiger partial charge in [-0.15, -0.1) is 0 Å². The fourth-order valence-corrected chi connectivity index (χ4v) is 9.32. The average Bonchev–Trinajstić information content (AvgIpc) is 3.72. The van der Waals surface area contributed by atoms with E-state index in [9.17, 15) is 0 Å². The maximum absolute atomic E-state index is 3.83. The zero-order valence-electron chi connectivity index (χ0n) is 29.6. The molecule has 11 rings (SSSR count). The predicted octanol–water partition coefficient (Wildman–Crippen LogP) is 13.9. The Labute approximate surface area is 315 Å². The van der Waals surface area contributed by atoms with Crippen LogP contribution in [0.1, 0.15) is 22.3 Å². The van der Waals surface area contributed by atoms with E-state index in [2.05, 4.69) is 212 Å². The van der Waals surface area contributed by atoms with Crippen molar-refractivity contribution in [3.63, 3.8) is 0 Å². The first-order chi connectivity index (χ1) is 26.8. The van der Waals surface area contributed by atoms with Gasteiger partial charge in [0.2, 0.25) is 0 Å². The second-order valence-corrected chi connectivity index (χ2v) is 14.5. The summed E-state index contributed by atoms with van der Waals surface area (Å²) in [6, 6.07) is 75.5. The van der Waals surface area contributed by atoms with Crippen LogP contribution >= 0.6 is 0 Å². The summed E-state index contributed by atoms with van der Waals surface area (Å²) in [5.41, 5.74) is 19.8. The molecular formula is C53H35N. The lowest BCUT2D eigenvalue weighted by molar-refractivity contribution is 0.794. The highest BCUT2D eigenvalue weighted by atomic mass is 14.9. The van der Waals surface area contributed by atoms with Crippen LogP contribution in [0, 0.1) is 0 Å². The molecule has 9 aromatic carbocycles. The summed E-state index contributed by atoms with van der Waals surface area (Å²) in [5.74, 6) is 0. The minimum atomic E-state index is -0.342. The summed E-state index contributed by atoms with van der Waals surface area (Å²) < 4.78 is 0. The van der Waals surface area contributed by atoms with Crippen LogP contribution in [0.5, 0.6) is 0 Å². The standard InChI is InChI=1S/C53H35N/c1-2-13-42-39(11-1)12-9-17-43(42)40-29-27-37(28-30-40)35-23-25-36(26-24-35)38-31-33-41(34-32-38)54-51-22-10-21-50-52(51)46-16-5-8-20-49(46)53(50)47-18-6-3-14-44(47)45-15-4-7-19-48(45)53/h1-34,54H. The highest BCUT2D eigenvalue weighted by molar-refractivity contribution is 6.00. The Bertz CT molecular complexity index is 2830. The van der Waals surface area contributed by atoms with Gasteiger partial charge < -0.3 is 5.32 Å². The fraction of sp³-hybridized carbons (Fsp3) is 0.0189. The molecule has 0 atom stereocenters. The Kier molecular flexibility index (Phi) is 6.84. The Morgan fingerprint density at radius 3 is 1.35 bits per heavy atom. The molecule has 1 N–H and O–H groups in total. The molecule has 1 heteroatoms. The van der Waals surface area contributed by atoms with Gasteiger partial charge in [-0.1, -0.05) is 188 Å². The zero-order valence-corrected chi connectivity index (χ0v) is 29.6. The lowest BCUT2D eigenvalue weighted by atomic mass is 9.70. The molecule has 0 saturated carbocycles. The fourth-order valence-electron chi connectivity index (χ4n) is 9.32. The van der Waals surface area contributed by atoms with Crippen molar-refractivity contribution in [2.45, 2.75) is 5.41 Å². The van der Waals surface area contributed by atoms with Gasteiger partial charge in [0, 0.05) is 16.9 Å². The number of hydrogen-bond donors (Lipinski definition) is 1. The van der Waals surface area contributed by atoms with E-state index >= 15 is 0 Å². The van der Waals surface area contributed by atoms with Crippen LogP contribution in [0.2, 0.25) is 0 Å². The molecule has 0 bridgehead atoms. The molecule has 0 fully saturated rings. The van der Waals surface area contributed by atoms with Crippen molar-refractivity contribution in [3.8, 4) is 55.6 Å². The molecule has 1 nitrogen and oxygen atoms in total. The first kappa shape index (κ1) is 30.6. The Morgan fingerprint density at radius 2 is 0.722 bits per heavy atom. The van der Waals surface area contributed by atoms with Crippen LogP contribution in [0.25, 0.3) is 66.4 Å². The number of nitrogens with one attached hydrogen (secondary N) is 1. The van der Waals surface area contributed by atoms with Crippen molar-refractivity contribution < 1.29 is 0 Å². The number of hydrogen-bond acceptors (Lipinski definition) is 1. The maximum Gasteiger partial charge on any atom is 0.0726 e. The maximum atomic E-state index is 3.83. The molecule has 54 heavy (non-hydrogen) atoms. The second kappa shape index (κ2) is 12.0. The second-order valence-electron chi connectivity index (χ2n) is 14.5. The van der Waals surface area contributed by atoms with E-state index in [1.807, 2.05) is 0 Å². The van der Waals surface area contributed by atoms with Gasteiger partial charge in [0.25, 0.3) is 0 Å². The van der Waals surface area contributed by atoms with Gasteiger partial charge in [-0.2, -0.15) is 0 Å². The first-order valence-electron chi connectivity index (χ1n) is 18.8. The molecule has 0 radical (unpaired) electrons. The number of benzene rings is 9. The third kappa shape index (κ3) is 4.52. The van der Waals surface area contributed by atoms with Crippen LogP contribution in [0.4, 0.5) is 11.4 Å². The van der Waals surface area contributed by atoms with E-state index < -0.39 is 0 Å². The average molecular weight is 686 g/mol. The Balaban J connectivity index is 0.886. The van der Waals surface area contributed by atoms with Crippen LogP contribution in [0.3, 0.4) is 0 Å². The lowest BCUT2D eigenvalue weighted by Gasteiger charge is -2.30. The summed E-state index contributed by atoms with van der Waals surface area (Å²) in [4.78, 5) is 0. The summed E-state index contributed by atoms with van der Waals surface area (Å²) >= 11 is 0. The highest BCUT2D eigenvalue weighted by Crippen LogP contribution is 2.63. The van der Waals surface area contributed by atoms with Crippen LogP contribution in [0.15, 0.2) is 206 Å². The normalized spacial score (nSPS) is 13.0. The topological polar surface area (TPSA) is 12.0 Å². The van der Waals surface area contributed by atoms with Gasteiger partial charge in [-0.3, -0.25) is 0 Å². The van der Waals surface area contributed by atoms with Gasteiger partial charge in [-0.05, 0) is 101 Å². The van der Waals surface area contributed by atoms with Crippen molar-refractivity contribution >= 4 is 22.1 Å². The minimum Gasteiger partial charge on any atom is -0.355 e. The molecule has 1 spiro atoms. The molecule has 2 aliphatic carbocycles. The van der Waals surface area contributed by atoms with E-state index in [0.717, 1.165) is 11.4 Å². The number of rotatable bonds is 5. The lowest BCUT2D eigenvalue weighted by Crippen LogP contribution is -2.25. The van der Waals surface area contributed by atoms with Gasteiger partial charge >= 0.3 is 0 Å². The molecule has 0 amide bonds. The Hall–Kier alpha value is -6.96. The molecule has 9 aromatic rings. The Morgan fingerprint density at radius 1 is 0.296 bits per heavy atom. The van der Waals surface area contributed by atoms with Gasteiger partial charge in [0.15, 0.2) is 0 Å². The molecule has 2 aliphatic rings. The number of fused-ring (bicyclic) bond motifs is 11. The predicted molar refractivity (Wildman–Crippen MR) is 226 cm³/mol. The number of anilines is 2. The molecular weight excluding hydrogens is 651 g/mol. The third-order valence-electron chi connectivity index (χ3n) is 11.7.